The van der Waals surface area contributed by atoms with Gasteiger partial charge in [0.1, 0.15) is 17.5 Å². The molecule has 0 aliphatic rings. The fourth-order valence-corrected chi connectivity index (χ4v) is 6.42. The summed E-state index contributed by atoms with van der Waals surface area (Å²) in [6, 6.07) is 35.2. The molecule has 2 unspecified atom stereocenters. The van der Waals surface area contributed by atoms with Crippen LogP contribution in [0.3, 0.4) is 0 Å². The van der Waals surface area contributed by atoms with Crippen LogP contribution in [-0.4, -0.2) is 16.4 Å². The second-order valence-corrected chi connectivity index (χ2v) is 13.9. The molecular formula is C40H42Cl2N2O. The zero-order valence-electron chi connectivity index (χ0n) is 26.8. The maximum Gasteiger partial charge on any atom is 0.135 e. The van der Waals surface area contributed by atoms with Crippen molar-refractivity contribution in [2.45, 2.75) is 60.1 Å². The van der Waals surface area contributed by atoms with E-state index in [1.54, 1.807) is 0 Å². The van der Waals surface area contributed by atoms with E-state index in [9.17, 15) is 0 Å². The molecule has 0 aliphatic heterocycles. The number of hydrogen-bond acceptors (Lipinski definition) is 2. The van der Waals surface area contributed by atoms with Crippen LogP contribution in [-0.2, 0) is 6.54 Å². The fourth-order valence-electron chi connectivity index (χ4n) is 5.94. The van der Waals surface area contributed by atoms with E-state index < -0.39 is 0 Å². The summed E-state index contributed by atoms with van der Waals surface area (Å²) in [6.45, 7) is 11.8. The van der Waals surface area contributed by atoms with Gasteiger partial charge in [-0.05, 0) is 85.2 Å². The molecule has 5 rings (SSSR count). The maximum atomic E-state index is 7.28. The van der Waals surface area contributed by atoms with Crippen molar-refractivity contribution in [1.82, 2.24) is 4.57 Å². The number of nitrogens with zero attached hydrogens (tertiary/aromatic N) is 2. The Morgan fingerprint density at radius 1 is 0.778 bits per heavy atom. The van der Waals surface area contributed by atoms with Crippen molar-refractivity contribution in [3.8, 4) is 28.0 Å². The van der Waals surface area contributed by atoms with Gasteiger partial charge < -0.3 is 9.30 Å². The molecule has 0 amide bonds. The monoisotopic (exact) mass is 636 g/mol. The van der Waals surface area contributed by atoms with Crippen molar-refractivity contribution in [3.63, 3.8) is 0 Å². The average Bonchev–Trinajstić information content (AvgIpc) is 3.52. The summed E-state index contributed by atoms with van der Waals surface area (Å²) >= 11 is 13.1. The van der Waals surface area contributed by atoms with Crippen LogP contribution in [0.1, 0.15) is 46.1 Å². The van der Waals surface area contributed by atoms with Crippen LogP contribution in [0.25, 0.3) is 22.3 Å². The molecule has 232 valence electrons. The van der Waals surface area contributed by atoms with Gasteiger partial charge in [0.2, 0.25) is 0 Å². The Balaban J connectivity index is 1.61. The molecule has 0 fully saturated rings. The van der Waals surface area contributed by atoms with Crippen LogP contribution in [0.15, 0.2) is 121 Å². The van der Waals surface area contributed by atoms with Gasteiger partial charge in [-0.2, -0.15) is 0 Å². The standard InChI is InChI=1S/C40H42Cl2N2O/c1-28-23-34(30-15-8-6-9-16-30)39(35(24-28)31-17-10-7-11-18-31)45-33(27-44-21-12-13-22-44)25-32(26-40(3,4)5)29(2)43-38-36(41)19-14-20-37(38)42/h6-24,32-33H,25-27H2,1-5H3/b43-29+. The van der Waals surface area contributed by atoms with Crippen molar-refractivity contribution < 1.29 is 4.74 Å². The first kappa shape index (κ1) is 32.6. The summed E-state index contributed by atoms with van der Waals surface area (Å²) in [7, 11) is 0. The van der Waals surface area contributed by atoms with Gasteiger partial charge in [-0.1, -0.05) is 111 Å². The number of hydrogen-bond donors (Lipinski definition) is 0. The zero-order valence-corrected chi connectivity index (χ0v) is 28.3. The zero-order chi connectivity index (χ0) is 32.0. The minimum atomic E-state index is -0.149. The minimum Gasteiger partial charge on any atom is -0.487 e. The lowest BCUT2D eigenvalue weighted by atomic mass is 9.80. The summed E-state index contributed by atoms with van der Waals surface area (Å²) in [5.41, 5.74) is 7.31. The van der Waals surface area contributed by atoms with Crippen LogP contribution in [0.2, 0.25) is 10.0 Å². The van der Waals surface area contributed by atoms with Gasteiger partial charge in [-0.3, -0.25) is 4.99 Å². The first-order valence-corrected chi connectivity index (χ1v) is 16.3. The molecule has 0 saturated carbocycles. The van der Waals surface area contributed by atoms with E-state index in [1.165, 1.54) is 5.56 Å². The Morgan fingerprint density at radius 2 is 1.31 bits per heavy atom. The molecule has 0 bridgehead atoms. The van der Waals surface area contributed by atoms with E-state index in [-0.39, 0.29) is 17.4 Å². The van der Waals surface area contributed by atoms with Crippen LogP contribution >= 0.6 is 23.2 Å². The normalized spacial score (nSPS) is 13.4. The molecule has 0 N–H and O–H groups in total. The lowest BCUT2D eigenvalue weighted by Gasteiger charge is -2.31. The first-order chi connectivity index (χ1) is 21.6. The Labute approximate surface area is 278 Å². The molecule has 0 saturated heterocycles. The number of ether oxygens (including phenoxy) is 1. The molecule has 45 heavy (non-hydrogen) atoms. The van der Waals surface area contributed by atoms with E-state index in [0.29, 0.717) is 22.3 Å². The van der Waals surface area contributed by atoms with Crippen LogP contribution in [0.5, 0.6) is 5.75 Å². The lowest BCUT2D eigenvalue weighted by Crippen LogP contribution is -2.30. The van der Waals surface area contributed by atoms with E-state index in [0.717, 1.165) is 46.6 Å². The van der Waals surface area contributed by atoms with E-state index in [2.05, 4.69) is 137 Å². The highest BCUT2D eigenvalue weighted by molar-refractivity contribution is 6.38. The van der Waals surface area contributed by atoms with Crippen LogP contribution in [0, 0.1) is 18.3 Å². The molecule has 3 nitrogen and oxygen atoms in total. The third kappa shape index (κ3) is 8.69. The van der Waals surface area contributed by atoms with Crippen molar-refractivity contribution in [1.29, 1.82) is 0 Å². The van der Waals surface area contributed by atoms with Crippen molar-refractivity contribution in [2.24, 2.45) is 16.3 Å². The Bertz CT molecular complexity index is 1640. The third-order valence-electron chi connectivity index (χ3n) is 7.99. The Kier molecular flexibility index (Phi) is 10.5. The number of para-hydroxylation sites is 1. The van der Waals surface area contributed by atoms with Gasteiger partial charge in [-0.25, -0.2) is 0 Å². The molecule has 4 aromatic carbocycles. The second-order valence-electron chi connectivity index (χ2n) is 13.1. The molecular weight excluding hydrogens is 595 g/mol. The Hall–Kier alpha value is -3.79. The van der Waals surface area contributed by atoms with Gasteiger partial charge >= 0.3 is 0 Å². The van der Waals surface area contributed by atoms with Crippen molar-refractivity contribution in [3.05, 3.63) is 131 Å². The van der Waals surface area contributed by atoms with Gasteiger partial charge in [0, 0.05) is 35.2 Å². The largest absolute Gasteiger partial charge is 0.487 e. The molecule has 1 heterocycles. The first-order valence-electron chi connectivity index (χ1n) is 15.6. The smallest absolute Gasteiger partial charge is 0.135 e. The highest BCUT2D eigenvalue weighted by atomic mass is 35.5. The predicted molar refractivity (Wildman–Crippen MR) is 192 cm³/mol. The quantitative estimate of drug-likeness (QED) is 0.132. The van der Waals surface area contributed by atoms with Crippen molar-refractivity contribution in [2.75, 3.05) is 0 Å². The van der Waals surface area contributed by atoms with Gasteiger partial charge in [0.15, 0.2) is 0 Å². The molecule has 2 atom stereocenters. The summed E-state index contributed by atoms with van der Waals surface area (Å²) in [6.07, 6.45) is 5.75. The fraction of sp³-hybridized carbons (Fsp3) is 0.275. The molecule has 5 heteroatoms. The maximum absolute atomic E-state index is 7.28. The summed E-state index contributed by atoms with van der Waals surface area (Å²) in [5.74, 6) is 1.03. The molecule has 1 aromatic heterocycles. The molecule has 0 radical (unpaired) electrons. The number of aliphatic imine (C=N–C) groups is 1. The Morgan fingerprint density at radius 3 is 1.82 bits per heavy atom. The molecule has 0 spiro atoms. The van der Waals surface area contributed by atoms with E-state index >= 15 is 0 Å². The van der Waals surface area contributed by atoms with Crippen LogP contribution in [0.4, 0.5) is 5.69 Å². The summed E-state index contributed by atoms with van der Waals surface area (Å²) < 4.78 is 9.48. The SMILES string of the molecule is C/C(=N\c1c(Cl)cccc1Cl)C(CC(Cn1cccc1)Oc1c(-c2ccccc2)cc(C)cc1-c1ccccc1)CC(C)(C)C. The second kappa shape index (κ2) is 14.5. The number of rotatable bonds is 11. The summed E-state index contributed by atoms with van der Waals surface area (Å²) in [4.78, 5) is 5.03. The number of halogens is 2. The van der Waals surface area contributed by atoms with Gasteiger partial charge in [0.05, 0.1) is 16.6 Å². The van der Waals surface area contributed by atoms with Crippen molar-refractivity contribution >= 4 is 34.6 Å². The summed E-state index contributed by atoms with van der Waals surface area (Å²) in [5, 5.41) is 1.10. The van der Waals surface area contributed by atoms with E-state index in [4.69, 9.17) is 32.9 Å². The highest BCUT2D eigenvalue weighted by Crippen LogP contribution is 2.42. The predicted octanol–water partition coefficient (Wildman–Crippen LogP) is 12.1. The van der Waals surface area contributed by atoms with E-state index in [1.807, 2.05) is 18.2 Å². The average molecular weight is 638 g/mol. The molecule has 5 aromatic rings. The minimum absolute atomic E-state index is 0.0674. The van der Waals surface area contributed by atoms with Crippen LogP contribution < -0.4 is 4.74 Å². The van der Waals surface area contributed by atoms with Gasteiger partial charge in [-0.15, -0.1) is 0 Å². The molecule has 0 aliphatic carbocycles. The number of aromatic nitrogens is 1. The lowest BCUT2D eigenvalue weighted by molar-refractivity contribution is 0.150. The number of aryl methyl sites for hydroxylation is 1. The van der Waals surface area contributed by atoms with Gasteiger partial charge in [0.25, 0.3) is 0 Å². The topological polar surface area (TPSA) is 26.5 Å². The number of benzene rings is 4. The third-order valence-corrected chi connectivity index (χ3v) is 8.60. The highest BCUT2D eigenvalue weighted by Gasteiger charge is 2.28.